The maximum absolute atomic E-state index is 5.24. The Morgan fingerprint density at radius 2 is 1.79 bits per heavy atom. The van der Waals surface area contributed by atoms with Crippen LogP contribution in [0, 0.1) is 6.92 Å². The van der Waals surface area contributed by atoms with Crippen molar-refractivity contribution in [1.29, 1.82) is 0 Å². The molecule has 1 aromatic carbocycles. The molecule has 0 saturated heterocycles. The molecule has 0 bridgehead atoms. The van der Waals surface area contributed by atoms with Gasteiger partial charge in [0.15, 0.2) is 0 Å². The zero-order chi connectivity index (χ0) is 16.8. The SMILES string of the molecule is COc1cccc(Nc2cc(NCc3ccncc3)nc(C)n2)c1. The van der Waals surface area contributed by atoms with E-state index >= 15 is 0 Å². The van der Waals surface area contributed by atoms with Crippen LogP contribution in [-0.4, -0.2) is 22.1 Å². The molecule has 0 aliphatic rings. The van der Waals surface area contributed by atoms with E-state index in [0.717, 1.165) is 28.6 Å². The maximum atomic E-state index is 5.24. The first-order chi connectivity index (χ1) is 11.7. The number of nitrogens with zero attached hydrogens (tertiary/aromatic N) is 3. The van der Waals surface area contributed by atoms with Crippen LogP contribution in [0.4, 0.5) is 17.3 Å². The number of methoxy groups -OCH3 is 1. The molecule has 3 rings (SSSR count). The van der Waals surface area contributed by atoms with Crippen LogP contribution in [0.3, 0.4) is 0 Å². The topological polar surface area (TPSA) is 72.0 Å². The molecule has 3 aromatic rings. The highest BCUT2D eigenvalue weighted by Gasteiger charge is 2.04. The number of nitrogens with one attached hydrogen (secondary N) is 2. The summed E-state index contributed by atoms with van der Waals surface area (Å²) in [6.45, 7) is 2.55. The monoisotopic (exact) mass is 321 g/mol. The van der Waals surface area contributed by atoms with Gasteiger partial charge < -0.3 is 15.4 Å². The summed E-state index contributed by atoms with van der Waals surface area (Å²) in [5.74, 6) is 2.99. The molecular formula is C18H19N5O. The van der Waals surface area contributed by atoms with Crippen LogP contribution in [0.1, 0.15) is 11.4 Å². The zero-order valence-corrected chi connectivity index (χ0v) is 13.7. The van der Waals surface area contributed by atoms with Gasteiger partial charge in [0.25, 0.3) is 0 Å². The second kappa shape index (κ2) is 7.41. The van der Waals surface area contributed by atoms with Crippen molar-refractivity contribution in [2.45, 2.75) is 13.5 Å². The van der Waals surface area contributed by atoms with Crippen LogP contribution in [0.15, 0.2) is 54.9 Å². The van der Waals surface area contributed by atoms with Crippen molar-refractivity contribution in [3.05, 3.63) is 66.2 Å². The molecule has 0 saturated carbocycles. The van der Waals surface area contributed by atoms with Gasteiger partial charge in [-0.1, -0.05) is 6.07 Å². The summed E-state index contributed by atoms with van der Waals surface area (Å²) in [6, 6.07) is 13.5. The van der Waals surface area contributed by atoms with Crippen LogP contribution in [0.5, 0.6) is 5.75 Å². The number of aryl methyl sites for hydroxylation is 1. The Balaban J connectivity index is 1.73. The highest BCUT2D eigenvalue weighted by molar-refractivity contribution is 5.60. The molecule has 6 heteroatoms. The number of ether oxygens (including phenoxy) is 1. The number of hydrogen-bond donors (Lipinski definition) is 2. The first kappa shape index (κ1) is 15.7. The number of pyridine rings is 1. The fourth-order valence-corrected chi connectivity index (χ4v) is 2.26. The summed E-state index contributed by atoms with van der Waals surface area (Å²) in [5.41, 5.74) is 2.05. The third kappa shape index (κ3) is 4.19. The average Bonchev–Trinajstić information content (AvgIpc) is 2.60. The van der Waals surface area contributed by atoms with E-state index < -0.39 is 0 Å². The number of hydrogen-bond acceptors (Lipinski definition) is 6. The quantitative estimate of drug-likeness (QED) is 0.723. The van der Waals surface area contributed by atoms with Crippen molar-refractivity contribution in [3.63, 3.8) is 0 Å². The average molecular weight is 321 g/mol. The highest BCUT2D eigenvalue weighted by Crippen LogP contribution is 2.21. The molecule has 0 spiro atoms. The summed E-state index contributed by atoms with van der Waals surface area (Å²) < 4.78 is 5.24. The minimum absolute atomic E-state index is 0.678. The van der Waals surface area contributed by atoms with Crippen LogP contribution in [0.2, 0.25) is 0 Å². The number of rotatable bonds is 6. The van der Waals surface area contributed by atoms with Crippen molar-refractivity contribution in [1.82, 2.24) is 15.0 Å². The van der Waals surface area contributed by atoms with Crippen LogP contribution in [0.25, 0.3) is 0 Å². The largest absolute Gasteiger partial charge is 0.497 e. The van der Waals surface area contributed by atoms with Gasteiger partial charge in [0.05, 0.1) is 7.11 Å². The van der Waals surface area contributed by atoms with E-state index in [9.17, 15) is 0 Å². The van der Waals surface area contributed by atoms with Crippen LogP contribution in [-0.2, 0) is 6.54 Å². The van der Waals surface area contributed by atoms with E-state index in [4.69, 9.17) is 4.74 Å². The lowest BCUT2D eigenvalue weighted by Crippen LogP contribution is -2.05. The fraction of sp³-hybridized carbons (Fsp3) is 0.167. The van der Waals surface area contributed by atoms with Gasteiger partial charge in [0.2, 0.25) is 0 Å². The van der Waals surface area contributed by atoms with Gasteiger partial charge in [-0.25, -0.2) is 9.97 Å². The molecule has 122 valence electrons. The van der Waals surface area contributed by atoms with E-state index in [1.54, 1.807) is 19.5 Å². The molecule has 0 aliphatic carbocycles. The molecule has 0 atom stereocenters. The van der Waals surface area contributed by atoms with Crippen molar-refractivity contribution >= 4 is 17.3 Å². The van der Waals surface area contributed by atoms with E-state index in [-0.39, 0.29) is 0 Å². The lowest BCUT2D eigenvalue weighted by Gasteiger charge is -2.11. The highest BCUT2D eigenvalue weighted by atomic mass is 16.5. The predicted octanol–water partition coefficient (Wildman–Crippen LogP) is 3.54. The standard InChI is InChI=1S/C18H19N5O/c1-13-21-17(20-12-14-6-8-19-9-7-14)11-18(22-13)23-15-4-3-5-16(10-15)24-2/h3-11H,12H2,1-2H3,(H2,20,21,22,23). The Bertz CT molecular complexity index is 808. The smallest absolute Gasteiger partial charge is 0.136 e. The van der Waals surface area contributed by atoms with Crippen LogP contribution >= 0.6 is 0 Å². The lowest BCUT2D eigenvalue weighted by molar-refractivity contribution is 0.415. The first-order valence-corrected chi connectivity index (χ1v) is 7.62. The van der Waals surface area contributed by atoms with Gasteiger partial charge in [-0.3, -0.25) is 4.98 Å². The third-order valence-electron chi connectivity index (χ3n) is 3.40. The van der Waals surface area contributed by atoms with Crippen molar-refractivity contribution in [2.75, 3.05) is 17.7 Å². The molecule has 0 unspecified atom stereocenters. The number of anilines is 3. The lowest BCUT2D eigenvalue weighted by atomic mass is 10.2. The summed E-state index contributed by atoms with van der Waals surface area (Å²) in [5, 5.41) is 6.58. The molecule has 0 aliphatic heterocycles. The minimum atomic E-state index is 0.678. The molecule has 2 N–H and O–H groups in total. The molecule has 24 heavy (non-hydrogen) atoms. The Labute approximate surface area is 141 Å². The second-order valence-corrected chi connectivity index (χ2v) is 5.25. The minimum Gasteiger partial charge on any atom is -0.497 e. The van der Waals surface area contributed by atoms with E-state index in [1.807, 2.05) is 49.4 Å². The van der Waals surface area contributed by atoms with Crippen LogP contribution < -0.4 is 15.4 Å². The van der Waals surface area contributed by atoms with E-state index in [1.165, 1.54) is 0 Å². The van der Waals surface area contributed by atoms with Crippen molar-refractivity contribution in [2.24, 2.45) is 0 Å². The molecule has 0 radical (unpaired) electrons. The summed E-state index contributed by atoms with van der Waals surface area (Å²) in [4.78, 5) is 12.9. The second-order valence-electron chi connectivity index (χ2n) is 5.25. The summed E-state index contributed by atoms with van der Waals surface area (Å²) in [6.07, 6.45) is 3.55. The number of benzene rings is 1. The van der Waals surface area contributed by atoms with Gasteiger partial charge in [-0.05, 0) is 36.8 Å². The Morgan fingerprint density at radius 1 is 1.00 bits per heavy atom. The first-order valence-electron chi connectivity index (χ1n) is 7.62. The molecule has 2 heterocycles. The Morgan fingerprint density at radius 3 is 2.58 bits per heavy atom. The Hall–Kier alpha value is -3.15. The van der Waals surface area contributed by atoms with Gasteiger partial charge in [0, 0.05) is 36.8 Å². The molecule has 0 fully saturated rings. The van der Waals surface area contributed by atoms with E-state index in [0.29, 0.717) is 12.4 Å². The number of aromatic nitrogens is 3. The molecule has 6 nitrogen and oxygen atoms in total. The molecular weight excluding hydrogens is 302 g/mol. The summed E-state index contributed by atoms with van der Waals surface area (Å²) in [7, 11) is 1.65. The van der Waals surface area contributed by atoms with E-state index in [2.05, 4.69) is 25.6 Å². The third-order valence-corrected chi connectivity index (χ3v) is 3.40. The van der Waals surface area contributed by atoms with Gasteiger partial charge in [-0.2, -0.15) is 0 Å². The van der Waals surface area contributed by atoms with Crippen molar-refractivity contribution in [3.8, 4) is 5.75 Å². The normalized spacial score (nSPS) is 10.2. The fourth-order valence-electron chi connectivity index (χ4n) is 2.26. The van der Waals surface area contributed by atoms with Gasteiger partial charge in [0.1, 0.15) is 23.2 Å². The van der Waals surface area contributed by atoms with Gasteiger partial charge in [-0.15, -0.1) is 0 Å². The molecule has 0 amide bonds. The predicted molar refractivity (Wildman–Crippen MR) is 94.6 cm³/mol. The van der Waals surface area contributed by atoms with Crippen molar-refractivity contribution < 1.29 is 4.74 Å². The zero-order valence-electron chi connectivity index (χ0n) is 13.7. The van der Waals surface area contributed by atoms with Gasteiger partial charge >= 0.3 is 0 Å². The summed E-state index contributed by atoms with van der Waals surface area (Å²) >= 11 is 0. The maximum Gasteiger partial charge on any atom is 0.136 e. The Kier molecular flexibility index (Phi) is 4.86. The molecule has 2 aromatic heterocycles.